The van der Waals surface area contributed by atoms with Crippen LogP contribution < -0.4 is 15.0 Å². The molecule has 0 spiro atoms. The minimum absolute atomic E-state index is 0.0376. The highest BCUT2D eigenvalue weighted by Gasteiger charge is 2.44. The Labute approximate surface area is 152 Å². The van der Waals surface area contributed by atoms with Crippen LogP contribution in [0.3, 0.4) is 0 Å². The number of hydrogen-bond acceptors (Lipinski definition) is 6. The fourth-order valence-corrected chi connectivity index (χ4v) is 3.73. The average Bonchev–Trinajstić information content (AvgIpc) is 3.28. The molecule has 1 aromatic heterocycles. The van der Waals surface area contributed by atoms with Gasteiger partial charge in [-0.15, -0.1) is 0 Å². The van der Waals surface area contributed by atoms with Gasteiger partial charge in [-0.1, -0.05) is 18.2 Å². The molecule has 1 N–H and O–H groups in total. The molecule has 1 amide bonds. The standard InChI is InChI=1S/C19H22N4O3/c1-25-18-7-17(21-12-22-18)23-9-15-14(11-26-16(15)10-23)8-20-19(24)13-5-3-2-4-6-13/h2-7,12,14-16H,8-11H2,1H3,(H,20,24)/t14-,15+,16+/m0/s1. The topological polar surface area (TPSA) is 76.6 Å². The van der Waals surface area contributed by atoms with Crippen molar-refractivity contribution in [1.29, 1.82) is 0 Å². The van der Waals surface area contributed by atoms with Gasteiger partial charge in [-0.2, -0.15) is 0 Å². The molecule has 2 aliphatic heterocycles. The smallest absolute Gasteiger partial charge is 0.251 e. The highest BCUT2D eigenvalue weighted by atomic mass is 16.5. The number of anilines is 1. The number of benzene rings is 1. The van der Waals surface area contributed by atoms with Crippen molar-refractivity contribution in [2.24, 2.45) is 11.8 Å². The summed E-state index contributed by atoms with van der Waals surface area (Å²) in [5, 5.41) is 3.04. The third kappa shape index (κ3) is 3.35. The Bertz CT molecular complexity index is 770. The molecular formula is C19H22N4O3. The highest BCUT2D eigenvalue weighted by molar-refractivity contribution is 5.94. The van der Waals surface area contributed by atoms with Gasteiger partial charge in [0.1, 0.15) is 12.1 Å². The maximum absolute atomic E-state index is 12.3. The second-order valence-electron chi connectivity index (χ2n) is 6.70. The summed E-state index contributed by atoms with van der Waals surface area (Å²) < 4.78 is 11.1. The minimum Gasteiger partial charge on any atom is -0.481 e. The van der Waals surface area contributed by atoms with E-state index in [4.69, 9.17) is 9.47 Å². The zero-order valence-electron chi connectivity index (χ0n) is 14.7. The second kappa shape index (κ2) is 7.29. The molecule has 2 fully saturated rings. The SMILES string of the molecule is COc1cc(N2C[C@@H]3[C@@H](CNC(=O)c4ccccc4)CO[C@@H]3C2)ncn1. The second-order valence-corrected chi connectivity index (χ2v) is 6.70. The molecule has 136 valence electrons. The zero-order valence-corrected chi connectivity index (χ0v) is 14.7. The molecule has 0 saturated carbocycles. The summed E-state index contributed by atoms with van der Waals surface area (Å²) in [4.78, 5) is 22.9. The summed E-state index contributed by atoms with van der Waals surface area (Å²) in [7, 11) is 1.60. The number of rotatable bonds is 5. The highest BCUT2D eigenvalue weighted by Crippen LogP contribution is 2.35. The Balaban J connectivity index is 1.36. The van der Waals surface area contributed by atoms with Crippen LogP contribution in [0.15, 0.2) is 42.7 Å². The fraction of sp³-hybridized carbons (Fsp3) is 0.421. The van der Waals surface area contributed by atoms with Gasteiger partial charge in [0.15, 0.2) is 0 Å². The van der Waals surface area contributed by atoms with Crippen LogP contribution in [0, 0.1) is 11.8 Å². The number of amides is 1. The van der Waals surface area contributed by atoms with E-state index in [2.05, 4.69) is 20.2 Å². The van der Waals surface area contributed by atoms with E-state index in [-0.39, 0.29) is 12.0 Å². The number of ether oxygens (including phenoxy) is 2. The Kier molecular flexibility index (Phi) is 4.71. The number of nitrogens with zero attached hydrogens (tertiary/aromatic N) is 3. The normalized spacial score (nSPS) is 24.3. The van der Waals surface area contributed by atoms with Gasteiger partial charge >= 0.3 is 0 Å². The largest absolute Gasteiger partial charge is 0.481 e. The fourth-order valence-electron chi connectivity index (χ4n) is 3.73. The minimum atomic E-state index is -0.0376. The van der Waals surface area contributed by atoms with Crippen LogP contribution in [-0.4, -0.2) is 55.3 Å². The number of aromatic nitrogens is 2. The van der Waals surface area contributed by atoms with Gasteiger partial charge in [0, 0.05) is 43.1 Å². The van der Waals surface area contributed by atoms with Gasteiger partial charge in [-0.25, -0.2) is 9.97 Å². The number of carbonyl (C=O) groups is 1. The monoisotopic (exact) mass is 354 g/mol. The first-order valence-corrected chi connectivity index (χ1v) is 8.80. The molecule has 0 bridgehead atoms. The van der Waals surface area contributed by atoms with E-state index in [0.29, 0.717) is 36.4 Å². The summed E-state index contributed by atoms with van der Waals surface area (Å²) in [5.74, 6) is 2.06. The van der Waals surface area contributed by atoms with E-state index in [1.165, 1.54) is 6.33 Å². The number of nitrogens with one attached hydrogen (secondary N) is 1. The molecular weight excluding hydrogens is 332 g/mol. The first-order chi connectivity index (χ1) is 12.7. The van der Waals surface area contributed by atoms with Gasteiger partial charge in [0.25, 0.3) is 5.91 Å². The summed E-state index contributed by atoms with van der Waals surface area (Å²) in [6.07, 6.45) is 1.69. The van der Waals surface area contributed by atoms with Crippen molar-refractivity contribution in [1.82, 2.24) is 15.3 Å². The van der Waals surface area contributed by atoms with Gasteiger partial charge in [0.2, 0.25) is 5.88 Å². The van der Waals surface area contributed by atoms with E-state index in [1.54, 1.807) is 7.11 Å². The number of hydrogen-bond donors (Lipinski definition) is 1. The Morgan fingerprint density at radius 2 is 2.15 bits per heavy atom. The van der Waals surface area contributed by atoms with Crippen LogP contribution in [0.25, 0.3) is 0 Å². The molecule has 7 heteroatoms. The lowest BCUT2D eigenvalue weighted by atomic mass is 9.93. The first kappa shape index (κ1) is 16.8. The molecule has 4 rings (SSSR count). The molecule has 3 atom stereocenters. The molecule has 2 saturated heterocycles. The Hall–Kier alpha value is -2.67. The van der Waals surface area contributed by atoms with Crippen molar-refractivity contribution < 1.29 is 14.3 Å². The maximum atomic E-state index is 12.3. The molecule has 3 heterocycles. The van der Waals surface area contributed by atoms with E-state index >= 15 is 0 Å². The van der Waals surface area contributed by atoms with Crippen LogP contribution >= 0.6 is 0 Å². The molecule has 7 nitrogen and oxygen atoms in total. The van der Waals surface area contributed by atoms with E-state index < -0.39 is 0 Å². The summed E-state index contributed by atoms with van der Waals surface area (Å²) >= 11 is 0. The molecule has 2 aromatic rings. The van der Waals surface area contributed by atoms with E-state index in [1.807, 2.05) is 36.4 Å². The summed E-state index contributed by atoms with van der Waals surface area (Å²) in [5.41, 5.74) is 0.684. The molecule has 2 aliphatic rings. The van der Waals surface area contributed by atoms with Crippen molar-refractivity contribution in [3.8, 4) is 5.88 Å². The molecule has 26 heavy (non-hydrogen) atoms. The lowest BCUT2D eigenvalue weighted by Gasteiger charge is -2.21. The third-order valence-electron chi connectivity index (χ3n) is 5.16. The van der Waals surface area contributed by atoms with Crippen molar-refractivity contribution in [3.63, 3.8) is 0 Å². The van der Waals surface area contributed by atoms with Crippen LogP contribution in [0.4, 0.5) is 5.82 Å². The quantitative estimate of drug-likeness (QED) is 0.874. The van der Waals surface area contributed by atoms with Gasteiger partial charge in [-0.05, 0) is 12.1 Å². The first-order valence-electron chi connectivity index (χ1n) is 8.80. The maximum Gasteiger partial charge on any atom is 0.251 e. The summed E-state index contributed by atoms with van der Waals surface area (Å²) in [6, 6.07) is 11.1. The van der Waals surface area contributed by atoms with Gasteiger partial charge in [0.05, 0.1) is 19.8 Å². The Morgan fingerprint density at radius 1 is 1.31 bits per heavy atom. The lowest BCUT2D eigenvalue weighted by Crippen LogP contribution is -2.34. The molecule has 0 unspecified atom stereocenters. The lowest BCUT2D eigenvalue weighted by molar-refractivity contribution is 0.0940. The molecule has 0 radical (unpaired) electrons. The number of fused-ring (bicyclic) bond motifs is 1. The van der Waals surface area contributed by atoms with Gasteiger partial charge in [-0.3, -0.25) is 4.79 Å². The molecule has 0 aliphatic carbocycles. The van der Waals surface area contributed by atoms with Crippen LogP contribution in [0.5, 0.6) is 5.88 Å². The van der Waals surface area contributed by atoms with Crippen molar-refractivity contribution in [3.05, 3.63) is 48.3 Å². The van der Waals surface area contributed by atoms with Crippen LogP contribution in [-0.2, 0) is 4.74 Å². The van der Waals surface area contributed by atoms with Crippen molar-refractivity contribution in [2.45, 2.75) is 6.10 Å². The number of methoxy groups -OCH3 is 1. The van der Waals surface area contributed by atoms with Crippen molar-refractivity contribution >= 4 is 11.7 Å². The zero-order chi connectivity index (χ0) is 17.9. The van der Waals surface area contributed by atoms with Crippen molar-refractivity contribution in [2.75, 3.05) is 38.3 Å². The predicted molar refractivity (Wildman–Crippen MR) is 96.3 cm³/mol. The van der Waals surface area contributed by atoms with Gasteiger partial charge < -0.3 is 19.7 Å². The van der Waals surface area contributed by atoms with Crippen LogP contribution in [0.2, 0.25) is 0 Å². The van der Waals surface area contributed by atoms with E-state index in [0.717, 1.165) is 18.9 Å². The molecule has 1 aromatic carbocycles. The van der Waals surface area contributed by atoms with E-state index in [9.17, 15) is 4.79 Å². The predicted octanol–water partition coefficient (Wildman–Crippen LogP) is 1.37. The number of carbonyl (C=O) groups excluding carboxylic acids is 1. The Morgan fingerprint density at radius 3 is 2.96 bits per heavy atom. The van der Waals surface area contributed by atoms with Crippen LogP contribution in [0.1, 0.15) is 10.4 Å². The third-order valence-corrected chi connectivity index (χ3v) is 5.16. The average molecular weight is 354 g/mol. The summed E-state index contributed by atoms with van der Waals surface area (Å²) in [6.45, 7) is 2.96.